The van der Waals surface area contributed by atoms with E-state index < -0.39 is 7.14 Å². The molecule has 1 saturated heterocycles. The molecular formula is C35H39BrN7O3P. The number of fused-ring (bicyclic) bond motifs is 1. The number of aromatic nitrogens is 5. The van der Waals surface area contributed by atoms with Gasteiger partial charge in [-0.2, -0.15) is 5.10 Å². The molecule has 1 N–H and O–H groups in total. The highest BCUT2D eigenvalue weighted by Gasteiger charge is 2.27. The Hall–Kier alpha value is -3.79. The number of anilines is 3. The number of pyridine rings is 1. The largest absolute Gasteiger partial charge is 0.496 e. The molecule has 1 aliphatic heterocycles. The number of halogens is 1. The number of aryl methyl sites for hydroxylation is 1. The topological polar surface area (TPSA) is 107 Å². The molecule has 4 heterocycles. The van der Waals surface area contributed by atoms with Gasteiger partial charge in [-0.15, -0.1) is 0 Å². The number of nitrogens with zero attached hydrogens (tertiary/aromatic N) is 6. The van der Waals surface area contributed by atoms with Crippen LogP contribution in [0.4, 0.5) is 17.2 Å². The second-order valence-electron chi connectivity index (χ2n) is 12.5. The van der Waals surface area contributed by atoms with Crippen molar-refractivity contribution in [2.24, 2.45) is 0 Å². The first-order valence-corrected chi connectivity index (χ1v) is 19.4. The molecule has 12 heteroatoms. The number of benzene rings is 2. The first-order chi connectivity index (χ1) is 22.7. The van der Waals surface area contributed by atoms with E-state index in [-0.39, 0.29) is 0 Å². The summed E-state index contributed by atoms with van der Waals surface area (Å²) < 4.78 is 27.9. The van der Waals surface area contributed by atoms with Crippen molar-refractivity contribution in [2.45, 2.75) is 38.6 Å². The third-order valence-corrected chi connectivity index (χ3v) is 11.0. The van der Waals surface area contributed by atoms with Crippen molar-refractivity contribution >= 4 is 56.5 Å². The van der Waals surface area contributed by atoms with E-state index in [9.17, 15) is 4.57 Å². The summed E-state index contributed by atoms with van der Waals surface area (Å²) in [5, 5.41) is 9.71. The molecule has 0 amide bonds. The van der Waals surface area contributed by atoms with Crippen molar-refractivity contribution in [1.29, 1.82) is 0 Å². The van der Waals surface area contributed by atoms with Crippen molar-refractivity contribution in [2.75, 3.05) is 57.0 Å². The van der Waals surface area contributed by atoms with Gasteiger partial charge in [-0.1, -0.05) is 6.07 Å². The summed E-state index contributed by atoms with van der Waals surface area (Å²) in [5.41, 5.74) is 6.92. The van der Waals surface area contributed by atoms with E-state index >= 15 is 0 Å². The molecule has 1 saturated carbocycles. The van der Waals surface area contributed by atoms with Crippen LogP contribution in [0.5, 0.6) is 5.75 Å². The Labute approximate surface area is 283 Å². The van der Waals surface area contributed by atoms with Crippen molar-refractivity contribution in [1.82, 2.24) is 24.7 Å². The second kappa shape index (κ2) is 13.0. The summed E-state index contributed by atoms with van der Waals surface area (Å²) in [7, 11) is -1.00. The maximum atomic E-state index is 13.7. The molecule has 0 spiro atoms. The van der Waals surface area contributed by atoms with Gasteiger partial charge in [0.2, 0.25) is 0 Å². The predicted molar refractivity (Wildman–Crippen MR) is 192 cm³/mol. The fraction of sp³-hybridized carbons (Fsp3) is 0.371. The fourth-order valence-corrected chi connectivity index (χ4v) is 8.05. The number of nitrogens with one attached hydrogen (secondary N) is 1. The molecule has 3 aromatic heterocycles. The van der Waals surface area contributed by atoms with Gasteiger partial charge in [0.25, 0.3) is 0 Å². The molecule has 7 rings (SSSR count). The monoisotopic (exact) mass is 715 g/mol. The summed E-state index contributed by atoms with van der Waals surface area (Å²) in [6.07, 6.45) is 8.57. The standard InChI is InChI=1S/C35H39BrN7O3P/c1-5-43-21-24(19-38-43)26-16-23(32(45-2)18-31(26)42-12-14-46-15-13-42)17-33-37-20-27(36)35(41-33)40-30-11-10-29-25(34(30)47(3,4)44)8-9-28(39-29)22-6-7-22/h8-11,16,18-22H,5-7,12-15,17H2,1-4H3,(H,37,40,41). The van der Waals surface area contributed by atoms with Gasteiger partial charge in [-0.25, -0.2) is 9.97 Å². The number of morpholine rings is 1. The van der Waals surface area contributed by atoms with Crippen LogP contribution in [0.3, 0.4) is 0 Å². The van der Waals surface area contributed by atoms with Gasteiger partial charge in [0.05, 0.1) is 42.2 Å². The Bertz CT molecular complexity index is 2000. The lowest BCUT2D eigenvalue weighted by atomic mass is 9.99. The molecule has 5 aromatic rings. The number of methoxy groups -OCH3 is 1. The minimum absolute atomic E-state index is 0.446. The SMILES string of the molecule is CCn1cc(-c2cc(Cc3ncc(Br)c(Nc4ccc5nc(C6CC6)ccc5c4P(C)(C)=O)n3)c(OC)cc2N2CCOCC2)cn1. The van der Waals surface area contributed by atoms with E-state index in [0.29, 0.717) is 41.7 Å². The maximum Gasteiger partial charge on any atom is 0.148 e. The number of rotatable bonds is 10. The lowest BCUT2D eigenvalue weighted by Gasteiger charge is -2.31. The Morgan fingerprint density at radius 2 is 1.89 bits per heavy atom. The van der Waals surface area contributed by atoms with Gasteiger partial charge in [0.15, 0.2) is 0 Å². The summed E-state index contributed by atoms with van der Waals surface area (Å²) in [6.45, 7) is 9.45. The smallest absolute Gasteiger partial charge is 0.148 e. The molecule has 2 fully saturated rings. The second-order valence-corrected chi connectivity index (χ2v) is 16.5. The zero-order chi connectivity index (χ0) is 32.7. The summed E-state index contributed by atoms with van der Waals surface area (Å²) in [4.78, 5) is 16.9. The number of hydrogen-bond donors (Lipinski definition) is 1. The van der Waals surface area contributed by atoms with E-state index in [2.05, 4.69) is 73.6 Å². The third kappa shape index (κ3) is 6.66. The van der Waals surface area contributed by atoms with Crippen LogP contribution >= 0.6 is 23.1 Å². The van der Waals surface area contributed by atoms with Crippen molar-refractivity contribution in [3.63, 3.8) is 0 Å². The Morgan fingerprint density at radius 3 is 2.60 bits per heavy atom. The molecule has 244 valence electrons. The van der Waals surface area contributed by atoms with Crippen molar-refractivity contribution in [3.05, 3.63) is 76.5 Å². The summed E-state index contributed by atoms with van der Waals surface area (Å²) in [6, 6.07) is 12.4. The molecule has 0 unspecified atom stereocenters. The molecule has 0 radical (unpaired) electrons. The van der Waals surface area contributed by atoms with E-state index in [0.717, 1.165) is 75.4 Å². The van der Waals surface area contributed by atoms with Gasteiger partial charge < -0.3 is 24.3 Å². The molecule has 0 bridgehead atoms. The quantitative estimate of drug-likeness (QED) is 0.153. The highest BCUT2D eigenvalue weighted by Crippen LogP contribution is 2.44. The van der Waals surface area contributed by atoms with Crippen LogP contribution < -0.4 is 20.3 Å². The van der Waals surface area contributed by atoms with Crippen molar-refractivity contribution < 1.29 is 14.0 Å². The zero-order valence-corrected chi connectivity index (χ0v) is 29.6. The maximum absolute atomic E-state index is 13.7. The highest BCUT2D eigenvalue weighted by molar-refractivity contribution is 9.10. The average molecular weight is 717 g/mol. The molecule has 10 nitrogen and oxygen atoms in total. The van der Waals surface area contributed by atoms with Crippen LogP contribution in [0.15, 0.2) is 59.5 Å². The van der Waals surface area contributed by atoms with Crippen LogP contribution in [-0.2, 0) is 22.3 Å². The Kier molecular flexibility index (Phi) is 8.80. The van der Waals surface area contributed by atoms with Crippen molar-refractivity contribution in [3.8, 4) is 16.9 Å². The van der Waals surface area contributed by atoms with Gasteiger partial charge in [-0.05, 0) is 73.3 Å². The first kappa shape index (κ1) is 31.8. The van der Waals surface area contributed by atoms with Gasteiger partial charge in [0.1, 0.15) is 24.5 Å². The lowest BCUT2D eigenvalue weighted by Crippen LogP contribution is -2.36. The van der Waals surface area contributed by atoms with Crippen LogP contribution in [0.25, 0.3) is 22.0 Å². The van der Waals surface area contributed by atoms with Crippen LogP contribution in [0.2, 0.25) is 0 Å². The minimum atomic E-state index is -2.70. The summed E-state index contributed by atoms with van der Waals surface area (Å²) >= 11 is 3.64. The van der Waals surface area contributed by atoms with E-state index in [1.54, 1.807) is 26.6 Å². The van der Waals surface area contributed by atoms with Gasteiger partial charge >= 0.3 is 0 Å². The summed E-state index contributed by atoms with van der Waals surface area (Å²) in [5.74, 6) is 2.54. The predicted octanol–water partition coefficient (Wildman–Crippen LogP) is 6.98. The van der Waals surface area contributed by atoms with E-state index in [1.165, 1.54) is 12.8 Å². The highest BCUT2D eigenvalue weighted by atomic mass is 79.9. The average Bonchev–Trinajstić information content (AvgIpc) is 3.82. The first-order valence-electron chi connectivity index (χ1n) is 16.1. The fourth-order valence-electron chi connectivity index (χ4n) is 6.28. The minimum Gasteiger partial charge on any atom is -0.496 e. The Balaban J connectivity index is 1.24. The lowest BCUT2D eigenvalue weighted by molar-refractivity contribution is 0.122. The van der Waals surface area contributed by atoms with Crippen LogP contribution in [0, 0.1) is 0 Å². The number of ether oxygens (including phenoxy) is 2. The van der Waals surface area contributed by atoms with E-state index in [4.69, 9.17) is 19.4 Å². The number of hydrogen-bond acceptors (Lipinski definition) is 9. The zero-order valence-electron chi connectivity index (χ0n) is 27.2. The molecular weight excluding hydrogens is 677 g/mol. The molecule has 2 aromatic carbocycles. The Morgan fingerprint density at radius 1 is 1.09 bits per heavy atom. The van der Waals surface area contributed by atoms with Crippen LogP contribution in [0.1, 0.15) is 42.8 Å². The molecule has 47 heavy (non-hydrogen) atoms. The van der Waals surface area contributed by atoms with E-state index in [1.807, 2.05) is 23.0 Å². The van der Waals surface area contributed by atoms with Gasteiger partial charge in [0, 0.05) is 89.2 Å². The molecule has 2 aliphatic rings. The van der Waals surface area contributed by atoms with Crippen LogP contribution in [-0.4, -0.2) is 71.5 Å². The van der Waals surface area contributed by atoms with Gasteiger partial charge in [-0.3, -0.25) is 9.67 Å². The third-order valence-electron chi connectivity index (χ3n) is 8.81. The normalized spacial score (nSPS) is 15.3. The molecule has 0 atom stereocenters. The molecule has 1 aliphatic carbocycles.